The lowest BCUT2D eigenvalue weighted by molar-refractivity contribution is -0.132. The van der Waals surface area contributed by atoms with E-state index in [9.17, 15) is 19.5 Å². The molecule has 1 aliphatic rings. The quantitative estimate of drug-likeness (QED) is 0.129. The van der Waals surface area contributed by atoms with Crippen molar-refractivity contribution < 1.29 is 33.7 Å². The van der Waals surface area contributed by atoms with Gasteiger partial charge in [-0.05, 0) is 50.6 Å². The average molecular weight is 549 g/mol. The molecule has 1 saturated heterocycles. The van der Waals surface area contributed by atoms with E-state index in [4.69, 9.17) is 14.2 Å². The first kappa shape index (κ1) is 27.6. The smallest absolute Gasteiger partial charge is 0.350 e. The Balaban J connectivity index is 1.94. The maximum absolute atomic E-state index is 13.6. The molecule has 1 N–H and O–H groups in total. The average Bonchev–Trinajstić information content (AvgIpc) is 3.43. The Hall–Kier alpha value is -4.44. The molecule has 0 bridgehead atoms. The molecule has 202 valence electrons. The molecule has 10 heteroatoms. The number of Topliss-reactive ketones (excluding diaryl/α,β-unsaturated/α-hetero) is 1. The van der Waals surface area contributed by atoms with Crippen LogP contribution in [0.5, 0.6) is 11.5 Å². The Bertz CT molecular complexity index is 1490. The molecule has 39 heavy (non-hydrogen) atoms. The van der Waals surface area contributed by atoms with E-state index in [-0.39, 0.29) is 27.9 Å². The van der Waals surface area contributed by atoms with Crippen molar-refractivity contribution in [3.05, 3.63) is 88.0 Å². The SMILES string of the molecule is C=CCOC(=O)c1sc(N2C(=O)C(=O)C(=C(O)c3ccc(OC)cc3C)[C@@H]2c2ccccc2OCC)nc1C. The van der Waals surface area contributed by atoms with Gasteiger partial charge >= 0.3 is 11.9 Å². The van der Waals surface area contributed by atoms with Crippen molar-refractivity contribution in [1.29, 1.82) is 0 Å². The normalized spacial score (nSPS) is 16.3. The van der Waals surface area contributed by atoms with Crippen molar-refractivity contribution >= 4 is 39.9 Å². The summed E-state index contributed by atoms with van der Waals surface area (Å²) < 4.78 is 16.3. The van der Waals surface area contributed by atoms with Crippen LogP contribution in [-0.4, -0.2) is 48.1 Å². The summed E-state index contributed by atoms with van der Waals surface area (Å²) in [6.45, 7) is 9.09. The van der Waals surface area contributed by atoms with Crippen molar-refractivity contribution in [1.82, 2.24) is 4.98 Å². The fourth-order valence-corrected chi connectivity index (χ4v) is 5.35. The van der Waals surface area contributed by atoms with Crippen molar-refractivity contribution in [3.63, 3.8) is 0 Å². The number of carbonyl (C=O) groups excluding carboxylic acids is 3. The second-order valence-corrected chi connectivity index (χ2v) is 9.60. The van der Waals surface area contributed by atoms with Gasteiger partial charge in [0.25, 0.3) is 5.78 Å². The van der Waals surface area contributed by atoms with E-state index < -0.39 is 23.7 Å². The molecule has 0 aliphatic carbocycles. The predicted octanol–water partition coefficient (Wildman–Crippen LogP) is 5.14. The first-order chi connectivity index (χ1) is 18.7. The number of aliphatic hydroxyl groups is 1. The molecule has 9 nitrogen and oxygen atoms in total. The van der Waals surface area contributed by atoms with Gasteiger partial charge in [-0.1, -0.05) is 42.2 Å². The van der Waals surface area contributed by atoms with Crippen molar-refractivity contribution in [2.45, 2.75) is 26.8 Å². The Morgan fingerprint density at radius 3 is 2.62 bits per heavy atom. The number of nitrogens with zero attached hydrogens (tertiary/aromatic N) is 2. The molecular formula is C29H28N2O7S. The fourth-order valence-electron chi connectivity index (χ4n) is 4.37. The van der Waals surface area contributed by atoms with Crippen molar-refractivity contribution in [3.8, 4) is 11.5 Å². The van der Waals surface area contributed by atoms with Crippen molar-refractivity contribution in [2.24, 2.45) is 0 Å². The standard InChI is InChI=1S/C29H28N2O7S/c1-6-14-38-28(35)26-17(4)30-29(39-26)31-23(20-10-8-9-11-21(20)37-7-2)22(25(33)27(31)34)24(32)19-13-12-18(36-5)15-16(19)3/h6,8-13,15,23,32H,1,7,14H2,2-5H3/t23-/m0/s1. The number of hydrogen-bond donors (Lipinski definition) is 1. The van der Waals surface area contributed by atoms with E-state index in [1.807, 2.05) is 6.92 Å². The first-order valence-corrected chi connectivity index (χ1v) is 13.0. The molecule has 1 aromatic heterocycles. The van der Waals surface area contributed by atoms with E-state index in [0.717, 1.165) is 11.3 Å². The summed E-state index contributed by atoms with van der Waals surface area (Å²) in [4.78, 5) is 45.5. The van der Waals surface area contributed by atoms with Crippen LogP contribution in [0.15, 0.2) is 60.7 Å². The lowest BCUT2D eigenvalue weighted by Gasteiger charge is -2.25. The topological polar surface area (TPSA) is 115 Å². The minimum atomic E-state index is -1.07. The zero-order valence-corrected chi connectivity index (χ0v) is 22.8. The van der Waals surface area contributed by atoms with Crippen LogP contribution < -0.4 is 14.4 Å². The number of carbonyl (C=O) groups is 3. The molecule has 0 saturated carbocycles. The van der Waals surface area contributed by atoms with Crippen LogP contribution >= 0.6 is 11.3 Å². The number of esters is 1. The van der Waals surface area contributed by atoms with Crippen LogP contribution in [0.4, 0.5) is 5.13 Å². The number of aromatic nitrogens is 1. The van der Waals surface area contributed by atoms with Gasteiger partial charge in [-0.3, -0.25) is 14.5 Å². The Morgan fingerprint density at radius 1 is 1.21 bits per heavy atom. The zero-order chi connectivity index (χ0) is 28.3. The summed E-state index contributed by atoms with van der Waals surface area (Å²) in [6, 6.07) is 10.9. The highest BCUT2D eigenvalue weighted by Gasteiger charge is 2.49. The van der Waals surface area contributed by atoms with Crippen molar-refractivity contribution in [2.75, 3.05) is 25.2 Å². The summed E-state index contributed by atoms with van der Waals surface area (Å²) in [5.41, 5.74) is 1.72. The van der Waals surface area contributed by atoms with Gasteiger partial charge < -0.3 is 19.3 Å². The van der Waals surface area contributed by atoms with Crippen LogP contribution in [0.1, 0.15) is 45.0 Å². The molecule has 1 aliphatic heterocycles. The molecule has 0 unspecified atom stereocenters. The summed E-state index contributed by atoms with van der Waals surface area (Å²) >= 11 is 0.928. The number of rotatable bonds is 9. The number of benzene rings is 2. The molecule has 1 atom stereocenters. The predicted molar refractivity (Wildman–Crippen MR) is 147 cm³/mol. The second-order valence-electron chi connectivity index (χ2n) is 8.62. The molecule has 4 rings (SSSR count). The fraction of sp³-hybridized carbons (Fsp3) is 0.241. The highest BCUT2D eigenvalue weighted by Crippen LogP contribution is 2.46. The lowest BCUT2D eigenvalue weighted by Crippen LogP contribution is -2.29. The van der Waals surface area contributed by atoms with Crippen LogP contribution in [0.25, 0.3) is 5.76 Å². The van der Waals surface area contributed by atoms with E-state index in [2.05, 4.69) is 11.6 Å². The third-order valence-electron chi connectivity index (χ3n) is 6.16. The molecule has 1 fully saturated rings. The summed E-state index contributed by atoms with van der Waals surface area (Å²) in [7, 11) is 1.53. The first-order valence-electron chi connectivity index (χ1n) is 12.2. The minimum absolute atomic E-state index is 0.0129. The molecule has 2 heterocycles. The second kappa shape index (κ2) is 11.5. The van der Waals surface area contributed by atoms with Crippen LogP contribution in [-0.2, 0) is 14.3 Å². The highest BCUT2D eigenvalue weighted by molar-refractivity contribution is 7.17. The maximum Gasteiger partial charge on any atom is 0.350 e. The van der Waals surface area contributed by atoms with Crippen LogP contribution in [0.2, 0.25) is 0 Å². The molecule has 2 aromatic carbocycles. The molecule has 1 amide bonds. The number of ketones is 1. The lowest BCUT2D eigenvalue weighted by atomic mass is 9.93. The molecule has 0 spiro atoms. The third-order valence-corrected chi connectivity index (χ3v) is 7.29. The number of ether oxygens (including phenoxy) is 3. The van der Waals surface area contributed by atoms with Gasteiger partial charge in [0.05, 0.1) is 25.0 Å². The van der Waals surface area contributed by atoms with E-state index >= 15 is 0 Å². The molecular weight excluding hydrogens is 520 g/mol. The number of hydrogen-bond acceptors (Lipinski definition) is 9. The number of para-hydroxylation sites is 1. The summed E-state index contributed by atoms with van der Waals surface area (Å²) in [6.07, 6.45) is 1.44. The van der Waals surface area contributed by atoms with Gasteiger partial charge in [0, 0.05) is 11.1 Å². The van der Waals surface area contributed by atoms with Gasteiger partial charge in [0.2, 0.25) is 0 Å². The van der Waals surface area contributed by atoms with Gasteiger partial charge in [-0.2, -0.15) is 0 Å². The van der Waals surface area contributed by atoms with Gasteiger partial charge in [-0.25, -0.2) is 9.78 Å². The number of thiazole rings is 1. The molecule has 3 aromatic rings. The monoisotopic (exact) mass is 548 g/mol. The largest absolute Gasteiger partial charge is 0.507 e. The van der Waals surface area contributed by atoms with Crippen LogP contribution in [0.3, 0.4) is 0 Å². The van der Waals surface area contributed by atoms with Gasteiger partial charge in [0.15, 0.2) is 5.13 Å². The Morgan fingerprint density at radius 2 is 1.95 bits per heavy atom. The Labute approximate surface area is 230 Å². The number of amides is 1. The number of anilines is 1. The summed E-state index contributed by atoms with van der Waals surface area (Å²) in [5.74, 6) is -1.72. The van der Waals surface area contributed by atoms with E-state index in [0.29, 0.717) is 40.5 Å². The zero-order valence-electron chi connectivity index (χ0n) is 22.0. The number of methoxy groups -OCH3 is 1. The highest BCUT2D eigenvalue weighted by atomic mass is 32.1. The van der Waals surface area contributed by atoms with E-state index in [1.54, 1.807) is 56.3 Å². The van der Waals surface area contributed by atoms with Gasteiger partial charge in [0.1, 0.15) is 34.8 Å². The van der Waals surface area contributed by atoms with E-state index in [1.165, 1.54) is 18.1 Å². The Kier molecular flexibility index (Phi) is 8.15. The number of aliphatic hydroxyl groups excluding tert-OH is 1. The summed E-state index contributed by atoms with van der Waals surface area (Å²) in [5, 5.41) is 11.6. The minimum Gasteiger partial charge on any atom is -0.507 e. The molecule has 0 radical (unpaired) electrons. The third kappa shape index (κ3) is 5.15. The number of aryl methyl sites for hydroxylation is 2. The maximum atomic E-state index is 13.6. The van der Waals surface area contributed by atoms with Gasteiger partial charge in [-0.15, -0.1) is 0 Å². The van der Waals surface area contributed by atoms with Crippen LogP contribution in [0, 0.1) is 13.8 Å².